The summed E-state index contributed by atoms with van der Waals surface area (Å²) >= 11 is 0. The summed E-state index contributed by atoms with van der Waals surface area (Å²) in [4.78, 5) is 53.6. The number of methoxy groups -OCH3 is 2. The van der Waals surface area contributed by atoms with Crippen molar-refractivity contribution < 1.29 is 29.0 Å². The number of hydrogen-bond donors (Lipinski definition) is 3. The summed E-state index contributed by atoms with van der Waals surface area (Å²) in [6.45, 7) is 10.2. The Morgan fingerprint density at radius 3 is 2.29 bits per heavy atom. The highest BCUT2D eigenvalue weighted by molar-refractivity contribution is 5.85. The van der Waals surface area contributed by atoms with Gasteiger partial charge < -0.3 is 35.0 Å². The van der Waals surface area contributed by atoms with Gasteiger partial charge in [-0.05, 0) is 42.7 Å². The van der Waals surface area contributed by atoms with E-state index >= 15 is 0 Å². The summed E-state index contributed by atoms with van der Waals surface area (Å²) in [5.74, 6) is -0.687. The third-order valence-electron chi connectivity index (χ3n) is 9.93. The first-order chi connectivity index (χ1) is 23.5. The van der Waals surface area contributed by atoms with Gasteiger partial charge in [-0.25, -0.2) is 9.97 Å². The van der Waals surface area contributed by atoms with E-state index in [1.54, 1.807) is 51.6 Å². The molecule has 3 amide bonds. The molecule has 2 aromatic rings. The van der Waals surface area contributed by atoms with Crippen LogP contribution in [-0.4, -0.2) is 113 Å². The van der Waals surface area contributed by atoms with E-state index in [0.29, 0.717) is 25.3 Å². The van der Waals surface area contributed by atoms with E-state index in [0.717, 1.165) is 18.4 Å². The zero-order valence-corrected chi connectivity index (χ0v) is 30.5. The first-order valence-electron chi connectivity index (χ1n) is 17.6. The van der Waals surface area contributed by atoms with Crippen LogP contribution < -0.4 is 10.6 Å². The average Bonchev–Trinajstić information content (AvgIpc) is 3.60. The van der Waals surface area contributed by atoms with Crippen LogP contribution in [0.5, 0.6) is 0 Å². The fourth-order valence-electron chi connectivity index (χ4n) is 6.94. The Morgan fingerprint density at radius 1 is 1.04 bits per heavy atom. The van der Waals surface area contributed by atoms with Crippen LogP contribution in [0.15, 0.2) is 48.8 Å². The molecule has 8 atom stereocenters. The zero-order valence-electron chi connectivity index (χ0n) is 30.5. The lowest BCUT2D eigenvalue weighted by atomic mass is 9.89. The number of nitrogens with zero attached hydrogens (tertiary/aromatic N) is 4. The van der Waals surface area contributed by atoms with Crippen LogP contribution in [0.3, 0.4) is 0 Å². The Bertz CT molecular complexity index is 1300. The number of carbonyl (C=O) groups is 3. The summed E-state index contributed by atoms with van der Waals surface area (Å²) < 4.78 is 11.9. The zero-order chi connectivity index (χ0) is 36.1. The predicted molar refractivity (Wildman–Crippen MR) is 190 cm³/mol. The quantitative estimate of drug-likeness (QED) is 0.203. The van der Waals surface area contributed by atoms with Gasteiger partial charge >= 0.3 is 0 Å². The van der Waals surface area contributed by atoms with Crippen molar-refractivity contribution in [3.05, 3.63) is 54.4 Å². The van der Waals surface area contributed by atoms with Crippen molar-refractivity contribution in [2.75, 3.05) is 39.7 Å². The molecule has 1 aliphatic rings. The second kappa shape index (κ2) is 19.5. The second-order valence-electron chi connectivity index (χ2n) is 13.6. The number of hydrogen-bond acceptors (Lipinski definition) is 9. The standard InChI is InChI=1S/C37H58N6O6/c1-9-25(4)33(42(6)36(47)32(24(2)3)41-37-38-18-14-19-39-37)30(48-7)22-31(45)43-20-13-17-29(43)34(49-8)26(5)35(46)40-28(23-44)21-27-15-11-10-12-16-27/h10-12,14-16,18-19,24-26,28-30,32-34,44H,9,13,17,20-23H2,1-8H3,(H,40,46)(H,38,39,41)/t25-,26+,28?,29?,30+,32?,33-,34+/m0/s1. The molecule has 0 radical (unpaired) electrons. The number of carbonyl (C=O) groups excluding carboxylic acids is 3. The molecule has 0 bridgehead atoms. The van der Waals surface area contributed by atoms with E-state index in [1.165, 1.54) is 0 Å². The minimum absolute atomic E-state index is 0.0349. The van der Waals surface area contributed by atoms with Crippen LogP contribution in [-0.2, 0) is 30.3 Å². The fourth-order valence-corrected chi connectivity index (χ4v) is 6.94. The molecule has 1 aromatic heterocycles. The minimum Gasteiger partial charge on any atom is -0.394 e. The third-order valence-corrected chi connectivity index (χ3v) is 9.93. The molecule has 12 heteroatoms. The van der Waals surface area contributed by atoms with Crippen molar-refractivity contribution in [1.82, 2.24) is 25.1 Å². The van der Waals surface area contributed by atoms with Gasteiger partial charge in [0.1, 0.15) is 6.04 Å². The number of aliphatic hydroxyl groups excluding tert-OH is 1. The summed E-state index contributed by atoms with van der Waals surface area (Å²) in [5.41, 5.74) is 1.02. The van der Waals surface area contributed by atoms with Gasteiger partial charge in [-0.15, -0.1) is 0 Å². The Balaban J connectivity index is 1.74. The Kier molecular flexibility index (Phi) is 15.9. The SMILES string of the molecule is CC[C@H](C)[C@@H]([C@@H](CC(=O)N1CCCC1[C@H](OC)[C@@H](C)C(=O)NC(CO)Cc1ccccc1)OC)N(C)C(=O)C(Nc1ncccn1)C(C)C. The molecule has 1 saturated heterocycles. The number of aromatic nitrogens is 2. The van der Waals surface area contributed by atoms with Crippen LogP contribution >= 0.6 is 0 Å². The first-order valence-corrected chi connectivity index (χ1v) is 17.6. The Morgan fingerprint density at radius 2 is 1.71 bits per heavy atom. The van der Waals surface area contributed by atoms with Crippen molar-refractivity contribution in [3.8, 4) is 0 Å². The smallest absolute Gasteiger partial charge is 0.245 e. The number of nitrogens with one attached hydrogen (secondary N) is 2. The number of amides is 3. The van der Waals surface area contributed by atoms with Crippen LogP contribution in [0.2, 0.25) is 0 Å². The lowest BCUT2D eigenvalue weighted by molar-refractivity contribution is -0.146. The highest BCUT2D eigenvalue weighted by Crippen LogP contribution is 2.30. The Labute approximate surface area is 292 Å². The molecular formula is C37H58N6O6. The predicted octanol–water partition coefficient (Wildman–Crippen LogP) is 3.55. The molecule has 2 heterocycles. The van der Waals surface area contributed by atoms with Crippen molar-refractivity contribution >= 4 is 23.7 Å². The van der Waals surface area contributed by atoms with Gasteiger partial charge in [0.25, 0.3) is 0 Å². The number of likely N-dealkylation sites (tertiary alicyclic amines) is 1. The van der Waals surface area contributed by atoms with Gasteiger partial charge in [0.15, 0.2) is 0 Å². The van der Waals surface area contributed by atoms with E-state index in [9.17, 15) is 19.5 Å². The molecule has 3 rings (SSSR count). The molecule has 1 fully saturated rings. The lowest BCUT2D eigenvalue weighted by Crippen LogP contribution is -2.56. The molecule has 49 heavy (non-hydrogen) atoms. The number of likely N-dealkylation sites (N-methyl/N-ethyl adjacent to an activating group) is 1. The maximum atomic E-state index is 14.1. The Hall–Kier alpha value is -3.61. The number of ether oxygens (including phenoxy) is 2. The monoisotopic (exact) mass is 682 g/mol. The number of rotatable bonds is 19. The molecule has 3 N–H and O–H groups in total. The van der Waals surface area contributed by atoms with Crippen molar-refractivity contribution in [3.63, 3.8) is 0 Å². The van der Waals surface area contributed by atoms with E-state index in [4.69, 9.17) is 9.47 Å². The normalized spacial score (nSPS) is 19.0. The first kappa shape index (κ1) is 39.8. The minimum atomic E-state index is -0.580. The summed E-state index contributed by atoms with van der Waals surface area (Å²) in [5, 5.41) is 16.2. The molecule has 12 nitrogen and oxygen atoms in total. The highest BCUT2D eigenvalue weighted by Gasteiger charge is 2.42. The van der Waals surface area contributed by atoms with E-state index in [-0.39, 0.29) is 54.7 Å². The maximum Gasteiger partial charge on any atom is 0.245 e. The van der Waals surface area contributed by atoms with Crippen molar-refractivity contribution in [2.45, 2.75) is 103 Å². The molecule has 1 aromatic carbocycles. The van der Waals surface area contributed by atoms with Gasteiger partial charge in [0, 0.05) is 40.2 Å². The topological polar surface area (TPSA) is 146 Å². The number of anilines is 1. The highest BCUT2D eigenvalue weighted by atomic mass is 16.5. The molecule has 3 unspecified atom stereocenters. The van der Waals surface area contributed by atoms with Crippen molar-refractivity contribution in [1.29, 1.82) is 0 Å². The molecule has 0 saturated carbocycles. The van der Waals surface area contributed by atoms with Crippen LogP contribution in [0.4, 0.5) is 5.95 Å². The van der Waals surface area contributed by atoms with Gasteiger partial charge in [-0.1, -0.05) is 71.4 Å². The molecule has 0 aliphatic carbocycles. The molecule has 272 valence electrons. The summed E-state index contributed by atoms with van der Waals surface area (Å²) in [6, 6.07) is 9.72. The van der Waals surface area contributed by atoms with Crippen LogP contribution in [0.1, 0.15) is 65.9 Å². The van der Waals surface area contributed by atoms with Gasteiger partial charge in [0.2, 0.25) is 23.7 Å². The average molecular weight is 683 g/mol. The van der Waals surface area contributed by atoms with Gasteiger partial charge in [-0.2, -0.15) is 0 Å². The van der Waals surface area contributed by atoms with Gasteiger partial charge in [-0.3, -0.25) is 14.4 Å². The van der Waals surface area contributed by atoms with Crippen molar-refractivity contribution in [2.24, 2.45) is 17.8 Å². The largest absolute Gasteiger partial charge is 0.394 e. The van der Waals surface area contributed by atoms with Gasteiger partial charge in [0.05, 0.1) is 49.3 Å². The molecule has 0 spiro atoms. The summed E-state index contributed by atoms with van der Waals surface area (Å²) in [7, 11) is 4.93. The third kappa shape index (κ3) is 10.7. The van der Waals surface area contributed by atoms with E-state index in [2.05, 4.69) is 34.4 Å². The molecular weight excluding hydrogens is 624 g/mol. The number of benzene rings is 1. The van der Waals surface area contributed by atoms with E-state index in [1.807, 2.05) is 49.1 Å². The van der Waals surface area contributed by atoms with E-state index < -0.39 is 30.2 Å². The molecule has 1 aliphatic heterocycles. The number of aliphatic hydroxyl groups is 1. The van der Waals surface area contributed by atoms with Crippen LogP contribution in [0.25, 0.3) is 0 Å². The maximum absolute atomic E-state index is 14.1. The fraction of sp³-hybridized carbons (Fsp3) is 0.649. The van der Waals surface area contributed by atoms with Crippen LogP contribution in [0, 0.1) is 17.8 Å². The lowest BCUT2D eigenvalue weighted by Gasteiger charge is -2.40. The summed E-state index contributed by atoms with van der Waals surface area (Å²) in [6.07, 6.45) is 4.97. The second-order valence-corrected chi connectivity index (χ2v) is 13.6.